The normalized spacial score (nSPS) is 21.3. The molecule has 1 aromatic heterocycles. The van der Waals surface area contributed by atoms with Crippen LogP contribution in [0, 0.1) is 5.41 Å². The summed E-state index contributed by atoms with van der Waals surface area (Å²) in [6, 6.07) is 5.61. The Bertz CT molecular complexity index is 290. The minimum absolute atomic E-state index is 0.103. The summed E-state index contributed by atoms with van der Waals surface area (Å²) in [5.74, 6) is 0. The van der Waals surface area contributed by atoms with Crippen molar-refractivity contribution in [3.63, 3.8) is 0 Å². The minimum Gasteiger partial charge on any atom is -0.386 e. The molecule has 1 unspecified atom stereocenters. The number of aromatic nitrogens is 1. The molecule has 1 aromatic rings. The van der Waals surface area contributed by atoms with E-state index in [0.717, 1.165) is 18.5 Å². The fourth-order valence-electron chi connectivity index (χ4n) is 2.07. The number of nitrogens with two attached hydrogens (primary N) is 1. The summed E-state index contributed by atoms with van der Waals surface area (Å²) in [5, 5.41) is 10.1. The Kier molecular flexibility index (Phi) is 2.52. The van der Waals surface area contributed by atoms with Gasteiger partial charge in [-0.15, -0.1) is 0 Å². The zero-order valence-electron chi connectivity index (χ0n) is 8.19. The first-order valence-corrected chi connectivity index (χ1v) is 5.07. The number of aliphatic hydroxyl groups excluding tert-OH is 1. The molecule has 0 spiro atoms. The van der Waals surface area contributed by atoms with Crippen LogP contribution < -0.4 is 5.73 Å². The molecule has 0 aliphatic heterocycles. The van der Waals surface area contributed by atoms with Crippen LogP contribution in [-0.2, 0) is 0 Å². The van der Waals surface area contributed by atoms with Gasteiger partial charge in [0.2, 0.25) is 0 Å². The van der Waals surface area contributed by atoms with Gasteiger partial charge in [0.1, 0.15) is 6.10 Å². The number of pyridine rings is 1. The first kappa shape index (κ1) is 9.62. The molecular formula is C11H16N2O. The predicted molar refractivity (Wildman–Crippen MR) is 54.5 cm³/mol. The SMILES string of the molecule is NCC1(C(O)c2ccccn2)CCC1. The lowest BCUT2D eigenvalue weighted by molar-refractivity contribution is -0.0322. The molecule has 0 bridgehead atoms. The molecule has 1 saturated carbocycles. The van der Waals surface area contributed by atoms with Gasteiger partial charge in [0, 0.05) is 18.2 Å². The number of rotatable bonds is 3. The third-order valence-corrected chi connectivity index (χ3v) is 3.30. The fraction of sp³-hybridized carbons (Fsp3) is 0.545. The summed E-state index contributed by atoms with van der Waals surface area (Å²) in [5.41, 5.74) is 6.36. The third-order valence-electron chi connectivity index (χ3n) is 3.30. The van der Waals surface area contributed by atoms with Crippen LogP contribution in [0.4, 0.5) is 0 Å². The van der Waals surface area contributed by atoms with Gasteiger partial charge in [-0.25, -0.2) is 0 Å². The lowest BCUT2D eigenvalue weighted by Crippen LogP contribution is -2.42. The van der Waals surface area contributed by atoms with Gasteiger partial charge in [0.25, 0.3) is 0 Å². The molecule has 1 fully saturated rings. The van der Waals surface area contributed by atoms with E-state index in [2.05, 4.69) is 4.98 Å². The van der Waals surface area contributed by atoms with E-state index in [1.54, 1.807) is 6.20 Å². The Morgan fingerprint density at radius 3 is 2.71 bits per heavy atom. The molecule has 1 atom stereocenters. The number of hydrogen-bond acceptors (Lipinski definition) is 3. The van der Waals surface area contributed by atoms with Crippen molar-refractivity contribution in [2.24, 2.45) is 11.1 Å². The lowest BCUT2D eigenvalue weighted by Gasteiger charge is -2.44. The van der Waals surface area contributed by atoms with Gasteiger partial charge in [0.15, 0.2) is 0 Å². The van der Waals surface area contributed by atoms with Crippen molar-refractivity contribution >= 4 is 0 Å². The van der Waals surface area contributed by atoms with Crippen LogP contribution in [0.2, 0.25) is 0 Å². The van der Waals surface area contributed by atoms with Gasteiger partial charge >= 0.3 is 0 Å². The summed E-state index contributed by atoms with van der Waals surface area (Å²) in [7, 11) is 0. The molecule has 0 saturated heterocycles. The van der Waals surface area contributed by atoms with Gasteiger partial charge in [-0.2, -0.15) is 0 Å². The Labute approximate surface area is 84.0 Å². The third kappa shape index (κ3) is 1.42. The molecule has 3 nitrogen and oxygen atoms in total. The average molecular weight is 192 g/mol. The van der Waals surface area contributed by atoms with E-state index < -0.39 is 6.10 Å². The maximum atomic E-state index is 10.1. The number of nitrogens with zero attached hydrogens (tertiary/aromatic N) is 1. The van der Waals surface area contributed by atoms with Crippen molar-refractivity contribution in [1.29, 1.82) is 0 Å². The highest BCUT2D eigenvalue weighted by Gasteiger charge is 2.43. The van der Waals surface area contributed by atoms with E-state index in [-0.39, 0.29) is 5.41 Å². The van der Waals surface area contributed by atoms with Crippen molar-refractivity contribution in [1.82, 2.24) is 4.98 Å². The molecular weight excluding hydrogens is 176 g/mol. The maximum Gasteiger partial charge on any atom is 0.103 e. The predicted octanol–water partition coefficient (Wildman–Crippen LogP) is 1.24. The Balaban J connectivity index is 2.19. The zero-order valence-corrected chi connectivity index (χ0v) is 8.19. The fourth-order valence-corrected chi connectivity index (χ4v) is 2.07. The summed E-state index contributed by atoms with van der Waals surface area (Å²) in [6.45, 7) is 0.546. The zero-order chi connectivity index (χ0) is 10.0. The van der Waals surface area contributed by atoms with Crippen molar-refractivity contribution in [3.8, 4) is 0 Å². The molecule has 0 amide bonds. The average Bonchev–Trinajstić information content (AvgIpc) is 2.18. The summed E-state index contributed by atoms with van der Waals surface area (Å²) in [4.78, 5) is 4.17. The molecule has 3 heteroatoms. The van der Waals surface area contributed by atoms with Gasteiger partial charge in [-0.05, 0) is 25.0 Å². The second-order valence-electron chi connectivity index (χ2n) is 4.08. The van der Waals surface area contributed by atoms with E-state index in [1.807, 2.05) is 18.2 Å². The highest BCUT2D eigenvalue weighted by atomic mass is 16.3. The highest BCUT2D eigenvalue weighted by Crippen LogP contribution is 2.48. The second kappa shape index (κ2) is 3.67. The Morgan fingerprint density at radius 2 is 2.29 bits per heavy atom. The molecule has 14 heavy (non-hydrogen) atoms. The molecule has 1 aliphatic carbocycles. The van der Waals surface area contributed by atoms with Crippen LogP contribution in [0.5, 0.6) is 0 Å². The summed E-state index contributed by atoms with van der Waals surface area (Å²) in [6.07, 6.45) is 4.41. The molecule has 1 heterocycles. The van der Waals surface area contributed by atoms with Crippen molar-refractivity contribution in [3.05, 3.63) is 30.1 Å². The van der Waals surface area contributed by atoms with E-state index in [0.29, 0.717) is 6.54 Å². The van der Waals surface area contributed by atoms with Crippen LogP contribution in [0.1, 0.15) is 31.1 Å². The highest BCUT2D eigenvalue weighted by molar-refractivity contribution is 5.12. The van der Waals surface area contributed by atoms with Crippen LogP contribution in [0.3, 0.4) is 0 Å². The summed E-state index contributed by atoms with van der Waals surface area (Å²) < 4.78 is 0. The van der Waals surface area contributed by atoms with Crippen LogP contribution in [0.25, 0.3) is 0 Å². The van der Waals surface area contributed by atoms with E-state index in [1.165, 1.54) is 6.42 Å². The van der Waals surface area contributed by atoms with E-state index in [9.17, 15) is 5.11 Å². The Morgan fingerprint density at radius 1 is 1.50 bits per heavy atom. The van der Waals surface area contributed by atoms with E-state index in [4.69, 9.17) is 5.73 Å². The smallest absolute Gasteiger partial charge is 0.103 e. The molecule has 0 aromatic carbocycles. The van der Waals surface area contributed by atoms with Crippen molar-refractivity contribution in [2.45, 2.75) is 25.4 Å². The van der Waals surface area contributed by atoms with E-state index >= 15 is 0 Å². The topological polar surface area (TPSA) is 59.1 Å². The molecule has 1 aliphatic rings. The van der Waals surface area contributed by atoms with Gasteiger partial charge in [-0.1, -0.05) is 12.5 Å². The first-order valence-electron chi connectivity index (χ1n) is 5.07. The quantitative estimate of drug-likeness (QED) is 0.757. The molecule has 3 N–H and O–H groups in total. The standard InChI is InChI=1S/C11H16N2O/c12-8-11(5-3-6-11)10(14)9-4-1-2-7-13-9/h1-2,4,7,10,14H,3,5-6,8,12H2. The molecule has 2 rings (SSSR count). The first-order chi connectivity index (χ1) is 6.78. The van der Waals surface area contributed by atoms with Gasteiger partial charge < -0.3 is 10.8 Å². The second-order valence-corrected chi connectivity index (χ2v) is 4.08. The van der Waals surface area contributed by atoms with Gasteiger partial charge in [-0.3, -0.25) is 4.98 Å². The summed E-state index contributed by atoms with van der Waals surface area (Å²) >= 11 is 0. The van der Waals surface area contributed by atoms with Crippen molar-refractivity contribution in [2.75, 3.05) is 6.54 Å². The molecule has 76 valence electrons. The van der Waals surface area contributed by atoms with Crippen LogP contribution in [-0.4, -0.2) is 16.6 Å². The van der Waals surface area contributed by atoms with Crippen LogP contribution in [0.15, 0.2) is 24.4 Å². The number of aliphatic hydroxyl groups is 1. The maximum absolute atomic E-state index is 10.1. The van der Waals surface area contributed by atoms with Gasteiger partial charge in [0.05, 0.1) is 5.69 Å². The van der Waals surface area contributed by atoms with Crippen molar-refractivity contribution < 1.29 is 5.11 Å². The number of hydrogen-bond donors (Lipinski definition) is 2. The minimum atomic E-state index is -0.498. The lowest BCUT2D eigenvalue weighted by atomic mass is 9.64. The Hall–Kier alpha value is -0.930. The monoisotopic (exact) mass is 192 g/mol. The molecule has 0 radical (unpaired) electrons. The van der Waals surface area contributed by atoms with Crippen LogP contribution >= 0.6 is 0 Å². The largest absolute Gasteiger partial charge is 0.386 e.